The van der Waals surface area contributed by atoms with Crippen LogP contribution in [0, 0.1) is 5.92 Å². The van der Waals surface area contributed by atoms with E-state index in [2.05, 4.69) is 10.3 Å². The van der Waals surface area contributed by atoms with Gasteiger partial charge in [-0.25, -0.2) is 9.78 Å². The van der Waals surface area contributed by atoms with Crippen LogP contribution >= 0.6 is 0 Å². The van der Waals surface area contributed by atoms with E-state index in [1.165, 1.54) is 32.1 Å². The molecule has 2 heterocycles. The van der Waals surface area contributed by atoms with Gasteiger partial charge < -0.3 is 15.0 Å². The van der Waals surface area contributed by atoms with Crippen molar-refractivity contribution < 1.29 is 9.53 Å². The minimum absolute atomic E-state index is 0.0145. The van der Waals surface area contributed by atoms with E-state index in [-0.39, 0.29) is 6.03 Å². The molecule has 0 radical (unpaired) electrons. The van der Waals surface area contributed by atoms with Crippen molar-refractivity contribution in [3.63, 3.8) is 0 Å². The normalized spacial score (nSPS) is 22.6. The number of nitrogens with one attached hydrogen (secondary N) is 1. The summed E-state index contributed by atoms with van der Waals surface area (Å²) in [6, 6.07) is 4.03. The lowest BCUT2D eigenvalue weighted by atomic mass is 9.83. The van der Waals surface area contributed by atoms with Gasteiger partial charge in [0.15, 0.2) is 0 Å². The smallest absolute Gasteiger partial charge is 0.322 e. The van der Waals surface area contributed by atoms with Crippen LogP contribution < -0.4 is 10.1 Å². The van der Waals surface area contributed by atoms with Gasteiger partial charge >= 0.3 is 6.03 Å². The van der Waals surface area contributed by atoms with E-state index in [0.29, 0.717) is 23.5 Å². The highest BCUT2D eigenvalue weighted by Crippen LogP contribution is 2.34. The van der Waals surface area contributed by atoms with Gasteiger partial charge in [0.25, 0.3) is 0 Å². The largest absolute Gasteiger partial charge is 0.480 e. The van der Waals surface area contributed by atoms with Crippen molar-refractivity contribution in [2.45, 2.75) is 51.0 Å². The van der Waals surface area contributed by atoms with Gasteiger partial charge in [0.2, 0.25) is 5.88 Å². The second kappa shape index (κ2) is 6.99. The molecule has 120 valence electrons. The van der Waals surface area contributed by atoms with E-state index in [1.807, 2.05) is 11.0 Å². The molecule has 1 atom stereocenters. The number of hydrogen-bond acceptors (Lipinski definition) is 3. The van der Waals surface area contributed by atoms with Crippen molar-refractivity contribution in [2.75, 3.05) is 19.0 Å². The predicted molar refractivity (Wildman–Crippen MR) is 86.1 cm³/mol. The number of carbonyl (C=O) groups is 1. The third-order valence-electron chi connectivity index (χ3n) is 4.96. The number of pyridine rings is 1. The zero-order valence-corrected chi connectivity index (χ0v) is 13.3. The Morgan fingerprint density at radius 2 is 2.09 bits per heavy atom. The van der Waals surface area contributed by atoms with E-state index in [1.54, 1.807) is 19.4 Å². The average molecular weight is 303 g/mol. The number of anilines is 1. The summed E-state index contributed by atoms with van der Waals surface area (Å²) in [6.45, 7) is 0.857. The number of rotatable bonds is 3. The number of hydrogen-bond donors (Lipinski definition) is 1. The van der Waals surface area contributed by atoms with Crippen LogP contribution in [0.3, 0.4) is 0 Å². The van der Waals surface area contributed by atoms with E-state index >= 15 is 0 Å². The number of carbonyl (C=O) groups excluding carboxylic acids is 1. The van der Waals surface area contributed by atoms with E-state index in [0.717, 1.165) is 19.4 Å². The Balaban J connectivity index is 1.68. The summed E-state index contributed by atoms with van der Waals surface area (Å²) in [5, 5.41) is 2.97. The zero-order valence-electron chi connectivity index (χ0n) is 13.3. The highest BCUT2D eigenvalue weighted by Gasteiger charge is 2.35. The third-order valence-corrected chi connectivity index (χ3v) is 4.96. The molecule has 1 unspecified atom stereocenters. The number of likely N-dealkylation sites (tertiary alicyclic amines) is 1. The van der Waals surface area contributed by atoms with Crippen LogP contribution in [0.1, 0.15) is 44.9 Å². The van der Waals surface area contributed by atoms with Gasteiger partial charge in [0, 0.05) is 18.8 Å². The molecule has 1 saturated carbocycles. The molecule has 2 fully saturated rings. The molecular weight excluding hydrogens is 278 g/mol. The fourth-order valence-electron chi connectivity index (χ4n) is 3.89. The van der Waals surface area contributed by atoms with Crippen molar-refractivity contribution in [3.8, 4) is 5.88 Å². The summed E-state index contributed by atoms with van der Waals surface area (Å²) in [6.07, 6.45) is 10.4. The number of nitrogens with zero attached hydrogens (tertiary/aromatic N) is 2. The zero-order chi connectivity index (χ0) is 15.4. The summed E-state index contributed by atoms with van der Waals surface area (Å²) in [5.41, 5.74) is 0.643. The Kier molecular flexibility index (Phi) is 4.80. The molecule has 1 N–H and O–H groups in total. The van der Waals surface area contributed by atoms with E-state index in [9.17, 15) is 4.79 Å². The summed E-state index contributed by atoms with van der Waals surface area (Å²) in [4.78, 5) is 18.8. The summed E-state index contributed by atoms with van der Waals surface area (Å²) >= 11 is 0. The molecule has 5 heteroatoms. The molecule has 1 aliphatic heterocycles. The number of ether oxygens (including phenoxy) is 1. The summed E-state index contributed by atoms with van der Waals surface area (Å²) in [7, 11) is 1.57. The molecule has 1 aromatic rings. The van der Waals surface area contributed by atoms with E-state index < -0.39 is 0 Å². The quantitative estimate of drug-likeness (QED) is 0.927. The molecule has 2 aliphatic rings. The maximum absolute atomic E-state index is 12.7. The lowest BCUT2D eigenvalue weighted by molar-refractivity contribution is 0.166. The van der Waals surface area contributed by atoms with Crippen molar-refractivity contribution in [2.24, 2.45) is 5.92 Å². The number of methoxy groups -OCH3 is 1. The van der Waals surface area contributed by atoms with Crippen molar-refractivity contribution in [1.82, 2.24) is 9.88 Å². The lowest BCUT2D eigenvalue weighted by Crippen LogP contribution is -2.43. The highest BCUT2D eigenvalue weighted by atomic mass is 16.5. The van der Waals surface area contributed by atoms with Gasteiger partial charge in [-0.1, -0.05) is 19.3 Å². The maximum Gasteiger partial charge on any atom is 0.322 e. The van der Waals surface area contributed by atoms with Gasteiger partial charge in [-0.2, -0.15) is 0 Å². The molecule has 0 spiro atoms. The first-order chi connectivity index (χ1) is 10.8. The van der Waals surface area contributed by atoms with Crippen LogP contribution in [0.5, 0.6) is 5.88 Å². The second-order valence-electron chi connectivity index (χ2n) is 6.29. The first kappa shape index (κ1) is 15.1. The molecular formula is C17H25N3O2. The standard InChI is InChI=1S/C17H25N3O2/c1-22-16-14(9-5-11-18-16)19-17(21)20-12-6-10-15(20)13-7-3-2-4-8-13/h5,9,11,13,15H,2-4,6-8,10,12H2,1H3,(H,19,21). The Morgan fingerprint density at radius 1 is 1.27 bits per heavy atom. The lowest BCUT2D eigenvalue weighted by Gasteiger charge is -2.34. The Hall–Kier alpha value is -1.78. The molecule has 0 aromatic carbocycles. The minimum atomic E-state index is -0.0145. The Labute approximate surface area is 132 Å². The van der Waals surface area contributed by atoms with E-state index in [4.69, 9.17) is 4.74 Å². The molecule has 5 nitrogen and oxygen atoms in total. The SMILES string of the molecule is COc1ncccc1NC(=O)N1CCCC1C1CCCCC1. The van der Waals surface area contributed by atoms with Crippen LogP contribution in [0.15, 0.2) is 18.3 Å². The molecule has 3 rings (SSSR count). The van der Waals surface area contributed by atoms with Gasteiger partial charge in [-0.15, -0.1) is 0 Å². The molecule has 1 aromatic heterocycles. The van der Waals surface area contributed by atoms with Crippen molar-refractivity contribution in [1.29, 1.82) is 0 Å². The van der Waals surface area contributed by atoms with Gasteiger partial charge in [0.05, 0.1) is 7.11 Å². The fourth-order valence-corrected chi connectivity index (χ4v) is 3.89. The van der Waals surface area contributed by atoms with Gasteiger partial charge in [-0.05, 0) is 43.7 Å². The first-order valence-electron chi connectivity index (χ1n) is 8.36. The van der Waals surface area contributed by atoms with Crippen LogP contribution in [0.25, 0.3) is 0 Å². The maximum atomic E-state index is 12.7. The fraction of sp³-hybridized carbons (Fsp3) is 0.647. The summed E-state index contributed by atoms with van der Waals surface area (Å²) < 4.78 is 5.21. The van der Waals surface area contributed by atoms with Gasteiger partial charge in [0.1, 0.15) is 5.69 Å². The van der Waals surface area contributed by atoms with Crippen LogP contribution in [-0.2, 0) is 0 Å². The molecule has 0 bridgehead atoms. The Bertz CT molecular complexity index is 514. The first-order valence-corrected chi connectivity index (χ1v) is 8.36. The predicted octanol–water partition coefficient (Wildman–Crippen LogP) is 3.67. The molecule has 1 aliphatic carbocycles. The second-order valence-corrected chi connectivity index (χ2v) is 6.29. The van der Waals surface area contributed by atoms with Crippen LogP contribution in [0.2, 0.25) is 0 Å². The van der Waals surface area contributed by atoms with Crippen molar-refractivity contribution in [3.05, 3.63) is 18.3 Å². The monoisotopic (exact) mass is 303 g/mol. The minimum Gasteiger partial charge on any atom is -0.480 e. The molecule has 1 saturated heterocycles. The average Bonchev–Trinajstić information content (AvgIpc) is 3.06. The molecule has 22 heavy (non-hydrogen) atoms. The van der Waals surface area contributed by atoms with Gasteiger partial charge in [-0.3, -0.25) is 0 Å². The topological polar surface area (TPSA) is 54.5 Å². The van der Waals surface area contributed by atoms with Crippen LogP contribution in [0.4, 0.5) is 10.5 Å². The molecule has 2 amide bonds. The van der Waals surface area contributed by atoms with Crippen molar-refractivity contribution >= 4 is 11.7 Å². The number of aromatic nitrogens is 1. The number of amides is 2. The van der Waals surface area contributed by atoms with Crippen LogP contribution in [-0.4, -0.2) is 35.6 Å². The highest BCUT2D eigenvalue weighted by molar-refractivity contribution is 5.91. The Morgan fingerprint density at radius 3 is 2.86 bits per heavy atom. The third kappa shape index (κ3) is 3.18. The summed E-state index contributed by atoms with van der Waals surface area (Å²) in [5.74, 6) is 1.14. The number of urea groups is 1.